The number of nitrogens with two attached hydrogens (primary N) is 1. The molecule has 0 aromatic heterocycles. The van der Waals surface area contributed by atoms with E-state index in [2.05, 4.69) is 0 Å². The summed E-state index contributed by atoms with van der Waals surface area (Å²) in [5, 5.41) is 4.87. The Morgan fingerprint density at radius 3 is 2.58 bits per heavy atom. The third-order valence-electron chi connectivity index (χ3n) is 1.37. The molecule has 0 fully saturated rings. The third-order valence-corrected chi connectivity index (χ3v) is 3.08. The van der Waals surface area contributed by atoms with Gasteiger partial charge in [-0.05, 0) is 6.08 Å². The molecule has 0 bridgehead atoms. The summed E-state index contributed by atoms with van der Waals surface area (Å²) in [5.74, 6) is 0. The van der Waals surface area contributed by atoms with Crippen molar-refractivity contribution in [2.45, 2.75) is 6.42 Å². The number of hydrogen-bond acceptors (Lipinski definition) is 3. The minimum Gasteiger partial charge on any atom is -0.225 e. The van der Waals surface area contributed by atoms with Gasteiger partial charge in [-0.1, -0.05) is 12.2 Å². The molecule has 12 heavy (non-hydrogen) atoms. The van der Waals surface area contributed by atoms with Gasteiger partial charge in [0.25, 0.3) is 0 Å². The quantitative estimate of drug-likeness (QED) is 0.586. The lowest BCUT2D eigenvalue weighted by atomic mass is 10.2. The lowest BCUT2D eigenvalue weighted by molar-refractivity contribution is 0.605. The van der Waals surface area contributed by atoms with E-state index in [1.165, 1.54) is 6.08 Å². The molecule has 0 atom stereocenters. The van der Waals surface area contributed by atoms with Crippen LogP contribution in [0.3, 0.4) is 0 Å². The highest BCUT2D eigenvalue weighted by Crippen LogP contribution is 2.11. The average Bonchev–Trinajstić information content (AvgIpc) is 2.03. The number of allylic oxidation sites excluding steroid dienone is 4. The lowest BCUT2D eigenvalue weighted by Gasteiger charge is -2.06. The molecule has 66 valence electrons. The average molecular weight is 205 g/mol. The summed E-state index contributed by atoms with van der Waals surface area (Å²) in [6.45, 7) is 0. The van der Waals surface area contributed by atoms with Gasteiger partial charge in [-0.15, -0.1) is 0 Å². The van der Waals surface area contributed by atoms with Crippen LogP contribution in [-0.2, 0) is 21.3 Å². The van der Waals surface area contributed by atoms with Gasteiger partial charge in [0.2, 0.25) is 10.0 Å². The molecule has 0 aromatic carbocycles. The molecule has 0 unspecified atom stereocenters. The van der Waals surface area contributed by atoms with E-state index < -0.39 is 10.0 Å². The summed E-state index contributed by atoms with van der Waals surface area (Å²) in [6, 6.07) is 0. The van der Waals surface area contributed by atoms with Crippen LogP contribution in [0.15, 0.2) is 23.1 Å². The van der Waals surface area contributed by atoms with Gasteiger partial charge in [-0.2, -0.15) is 0 Å². The summed E-state index contributed by atoms with van der Waals surface area (Å²) in [5.41, 5.74) is 0. The highest BCUT2D eigenvalue weighted by molar-refractivity contribution is 7.95. The van der Waals surface area contributed by atoms with Gasteiger partial charge in [-0.3, -0.25) is 0 Å². The van der Waals surface area contributed by atoms with E-state index in [1.54, 1.807) is 12.2 Å². The smallest absolute Gasteiger partial charge is 0.225 e. The molecule has 0 heterocycles. The molecule has 0 spiro atoms. The molecule has 0 aliphatic heterocycles. The van der Waals surface area contributed by atoms with Crippen molar-refractivity contribution in [2.24, 2.45) is 5.14 Å². The lowest BCUT2D eigenvalue weighted by Crippen LogP contribution is -2.21. The topological polar surface area (TPSA) is 77.2 Å². The molecule has 2 N–H and O–H groups in total. The molecule has 1 aliphatic carbocycles. The van der Waals surface area contributed by atoms with Crippen molar-refractivity contribution in [2.75, 3.05) is 0 Å². The third kappa shape index (κ3) is 1.90. The summed E-state index contributed by atoms with van der Waals surface area (Å²) in [4.78, 5) is 0.185. The number of sulfonamides is 1. The van der Waals surface area contributed by atoms with Gasteiger partial charge in [-0.25, -0.2) is 17.8 Å². The Morgan fingerprint density at radius 1 is 1.50 bits per heavy atom. The highest BCUT2D eigenvalue weighted by Gasteiger charge is 2.18. The Bertz CT molecular complexity index is 399. The van der Waals surface area contributed by atoms with Crippen LogP contribution in [-0.4, -0.2) is 17.5 Å². The predicted octanol–water partition coefficient (Wildman–Crippen LogP) is -0.496. The van der Waals surface area contributed by atoms with E-state index in [0.29, 0.717) is 6.42 Å². The minimum atomic E-state index is -3.74. The van der Waals surface area contributed by atoms with Crippen LogP contribution in [0.25, 0.3) is 0 Å². The normalized spacial score (nSPS) is 17.4. The van der Waals surface area contributed by atoms with Crippen LogP contribution in [0, 0.1) is 0 Å². The van der Waals surface area contributed by atoms with Gasteiger partial charge < -0.3 is 0 Å². The van der Waals surface area contributed by atoms with Gasteiger partial charge in [0.05, 0.1) is 21.0 Å². The van der Waals surface area contributed by atoms with Gasteiger partial charge in [0.15, 0.2) is 0 Å². The van der Waals surface area contributed by atoms with Crippen LogP contribution in [0.2, 0.25) is 0 Å². The summed E-state index contributed by atoms with van der Waals surface area (Å²) < 4.78 is 32.1. The second-order valence-corrected chi connectivity index (χ2v) is 4.40. The predicted molar refractivity (Wildman–Crippen MR) is 48.1 cm³/mol. The minimum absolute atomic E-state index is 0.0648. The highest BCUT2D eigenvalue weighted by atomic mass is 32.2. The Hall–Kier alpha value is -0.720. The maximum Gasteiger partial charge on any atom is 0.239 e. The fourth-order valence-electron chi connectivity index (χ4n) is 0.853. The van der Waals surface area contributed by atoms with Crippen LogP contribution < -0.4 is 5.14 Å². The second kappa shape index (κ2) is 3.34. The van der Waals surface area contributed by atoms with Crippen molar-refractivity contribution >= 4 is 26.1 Å². The van der Waals surface area contributed by atoms with Crippen molar-refractivity contribution in [3.8, 4) is 0 Å². The first-order chi connectivity index (χ1) is 5.55. The maximum absolute atomic E-state index is 10.9. The number of hydrogen-bond donors (Lipinski definition) is 1. The number of primary sulfonamides is 1. The van der Waals surface area contributed by atoms with E-state index in [1.807, 2.05) is 0 Å². The van der Waals surface area contributed by atoms with E-state index in [-0.39, 0.29) is 21.0 Å². The first-order valence-corrected chi connectivity index (χ1v) is 5.40. The van der Waals surface area contributed by atoms with E-state index >= 15 is 0 Å². The first kappa shape index (κ1) is 9.37. The first-order valence-electron chi connectivity index (χ1n) is 3.11. The van der Waals surface area contributed by atoms with Gasteiger partial charge in [0, 0.05) is 6.42 Å². The SMILES string of the molecule is NS(=O)(=O)C1=CC=CCC1=S=O. The standard InChI is InChI=1S/C6H7NO3S2/c7-12(9,10)6-4-2-1-3-5(6)11-8/h1-2,4H,3H2,(H2,7,9,10). The van der Waals surface area contributed by atoms with Crippen molar-refractivity contribution in [1.82, 2.24) is 0 Å². The van der Waals surface area contributed by atoms with Crippen LogP contribution >= 0.6 is 0 Å². The molecule has 1 aliphatic rings. The summed E-state index contributed by atoms with van der Waals surface area (Å²) >= 11 is 0.169. The molecular formula is C6H7NO3S2. The molecule has 0 aromatic rings. The zero-order valence-electron chi connectivity index (χ0n) is 6.06. The van der Waals surface area contributed by atoms with Crippen molar-refractivity contribution in [3.05, 3.63) is 23.1 Å². The second-order valence-electron chi connectivity index (χ2n) is 2.21. The Kier molecular flexibility index (Phi) is 2.61. The Balaban J connectivity index is 3.27. The van der Waals surface area contributed by atoms with E-state index in [9.17, 15) is 12.6 Å². The largest absolute Gasteiger partial charge is 0.239 e. The Morgan fingerprint density at radius 2 is 2.17 bits per heavy atom. The van der Waals surface area contributed by atoms with Crippen LogP contribution in [0.4, 0.5) is 0 Å². The van der Waals surface area contributed by atoms with Gasteiger partial charge >= 0.3 is 0 Å². The zero-order valence-corrected chi connectivity index (χ0v) is 7.69. The van der Waals surface area contributed by atoms with Crippen LogP contribution in [0.5, 0.6) is 0 Å². The van der Waals surface area contributed by atoms with Crippen molar-refractivity contribution < 1.29 is 12.6 Å². The monoisotopic (exact) mass is 205 g/mol. The summed E-state index contributed by atoms with van der Waals surface area (Å²) in [6.07, 6.45) is 4.95. The molecule has 0 saturated heterocycles. The maximum atomic E-state index is 10.9. The Labute approximate surface area is 73.9 Å². The molecule has 0 radical (unpaired) electrons. The van der Waals surface area contributed by atoms with E-state index in [4.69, 9.17) is 5.14 Å². The molecule has 4 nitrogen and oxygen atoms in total. The number of rotatable bonds is 1. The molecule has 0 saturated carbocycles. The van der Waals surface area contributed by atoms with Crippen molar-refractivity contribution in [3.63, 3.8) is 0 Å². The fraction of sp³-hybridized carbons (Fsp3) is 0.167. The molecule has 0 amide bonds. The van der Waals surface area contributed by atoms with Crippen LogP contribution in [0.1, 0.15) is 6.42 Å². The van der Waals surface area contributed by atoms with Crippen molar-refractivity contribution in [1.29, 1.82) is 0 Å². The van der Waals surface area contributed by atoms with Gasteiger partial charge in [0.1, 0.15) is 0 Å². The summed E-state index contributed by atoms with van der Waals surface area (Å²) in [7, 11) is -3.74. The zero-order chi connectivity index (χ0) is 9.19. The molecule has 6 heteroatoms. The molecular weight excluding hydrogens is 198 g/mol. The fourth-order valence-corrected chi connectivity index (χ4v) is 2.29. The molecule has 1 rings (SSSR count). The van der Waals surface area contributed by atoms with E-state index in [0.717, 1.165) is 0 Å².